The predicted octanol–water partition coefficient (Wildman–Crippen LogP) is 6.49. The molecule has 156 valence electrons. The van der Waals surface area contributed by atoms with E-state index in [1.807, 2.05) is 37.5 Å². The third-order valence-electron chi connectivity index (χ3n) is 5.51. The molecule has 0 saturated carbocycles. The largest absolute Gasteiger partial charge is 0.364 e. The van der Waals surface area contributed by atoms with Crippen molar-refractivity contribution in [2.24, 2.45) is 5.41 Å². The summed E-state index contributed by atoms with van der Waals surface area (Å²) < 4.78 is 4.68. The summed E-state index contributed by atoms with van der Waals surface area (Å²) in [6, 6.07) is 4.16. The highest BCUT2D eigenvalue weighted by Gasteiger charge is 2.28. The molecule has 2 aromatic heterocycles. The van der Waals surface area contributed by atoms with Gasteiger partial charge in [-0.25, -0.2) is 9.95 Å². The summed E-state index contributed by atoms with van der Waals surface area (Å²) in [4.78, 5) is 15.8. The van der Waals surface area contributed by atoms with Crippen molar-refractivity contribution < 1.29 is 4.52 Å². The molecule has 0 bridgehead atoms. The molecule has 0 atom stereocenters. The van der Waals surface area contributed by atoms with E-state index in [2.05, 4.69) is 59.7 Å². The first-order valence-electron chi connectivity index (χ1n) is 10.4. The molecule has 0 radical (unpaired) electrons. The van der Waals surface area contributed by atoms with Crippen LogP contribution < -0.4 is 5.63 Å². The summed E-state index contributed by atoms with van der Waals surface area (Å²) >= 11 is 0. The lowest BCUT2D eigenvalue weighted by atomic mass is 9.71. The third-order valence-corrected chi connectivity index (χ3v) is 5.51. The van der Waals surface area contributed by atoms with Gasteiger partial charge in [0, 0.05) is 12.4 Å². The van der Waals surface area contributed by atoms with E-state index in [-0.39, 0.29) is 11.0 Å². The Morgan fingerprint density at radius 2 is 2.07 bits per heavy atom. The van der Waals surface area contributed by atoms with Gasteiger partial charge in [-0.2, -0.15) is 0 Å². The highest BCUT2D eigenvalue weighted by molar-refractivity contribution is 5.72. The maximum absolute atomic E-state index is 11.5. The van der Waals surface area contributed by atoms with Gasteiger partial charge >= 0.3 is 5.63 Å². The molecule has 0 unspecified atom stereocenters. The Balaban J connectivity index is 1.79. The molecular weight excluding hydrogens is 372 g/mol. The zero-order valence-corrected chi connectivity index (χ0v) is 18.2. The monoisotopic (exact) mass is 402 g/mol. The summed E-state index contributed by atoms with van der Waals surface area (Å²) in [6.45, 7) is 8.71. The van der Waals surface area contributed by atoms with Gasteiger partial charge in [0.05, 0.1) is 11.8 Å². The fourth-order valence-electron chi connectivity index (χ4n) is 3.83. The highest BCUT2D eigenvalue weighted by Crippen LogP contribution is 2.44. The zero-order chi connectivity index (χ0) is 21.6. The van der Waals surface area contributed by atoms with Crippen molar-refractivity contribution in [3.05, 3.63) is 99.4 Å². The van der Waals surface area contributed by atoms with Gasteiger partial charge in [0.15, 0.2) is 0 Å². The van der Waals surface area contributed by atoms with E-state index < -0.39 is 0 Å². The third kappa shape index (κ3) is 5.47. The van der Waals surface area contributed by atoms with Crippen molar-refractivity contribution in [2.45, 2.75) is 47.0 Å². The van der Waals surface area contributed by atoms with Crippen LogP contribution in [0.25, 0.3) is 11.6 Å². The van der Waals surface area contributed by atoms with Gasteiger partial charge in [0.2, 0.25) is 0 Å². The van der Waals surface area contributed by atoms with Crippen LogP contribution in [0.2, 0.25) is 0 Å². The first-order valence-corrected chi connectivity index (χ1v) is 10.4. The topological polar surface area (TPSA) is 58.9 Å². The Bertz CT molecular complexity index is 1070. The summed E-state index contributed by atoms with van der Waals surface area (Å²) in [6.07, 6.45) is 21.2. The number of aromatic amines is 1. The van der Waals surface area contributed by atoms with E-state index in [4.69, 9.17) is 0 Å². The number of hydrogen-bond acceptors (Lipinski definition) is 3. The quantitative estimate of drug-likeness (QED) is 0.562. The normalized spacial score (nSPS) is 18.0. The maximum Gasteiger partial charge on any atom is 0.364 e. The van der Waals surface area contributed by atoms with Crippen molar-refractivity contribution in [2.75, 3.05) is 0 Å². The van der Waals surface area contributed by atoms with E-state index >= 15 is 0 Å². The second kappa shape index (κ2) is 9.57. The Kier molecular flexibility index (Phi) is 6.88. The first kappa shape index (κ1) is 21.6. The zero-order valence-electron chi connectivity index (χ0n) is 18.2. The van der Waals surface area contributed by atoms with E-state index in [9.17, 15) is 4.79 Å². The van der Waals surface area contributed by atoms with Crippen molar-refractivity contribution in [1.82, 2.24) is 10.1 Å². The van der Waals surface area contributed by atoms with Crippen LogP contribution in [-0.4, -0.2) is 10.1 Å². The molecule has 4 nitrogen and oxygen atoms in total. The van der Waals surface area contributed by atoms with Crippen LogP contribution in [0.4, 0.5) is 0 Å². The van der Waals surface area contributed by atoms with Crippen LogP contribution >= 0.6 is 0 Å². The van der Waals surface area contributed by atoms with Gasteiger partial charge in [-0.05, 0) is 67.4 Å². The van der Waals surface area contributed by atoms with Crippen LogP contribution in [-0.2, 0) is 0 Å². The molecule has 0 aliphatic heterocycles. The fraction of sp³-hybridized carbons (Fsp3) is 0.308. The van der Waals surface area contributed by atoms with Crippen LogP contribution in [0, 0.1) is 5.41 Å². The number of aromatic nitrogens is 2. The Morgan fingerprint density at radius 3 is 2.77 bits per heavy atom. The van der Waals surface area contributed by atoms with Crippen LogP contribution in [0.3, 0.4) is 0 Å². The molecule has 1 aliphatic carbocycles. The molecule has 1 aliphatic rings. The predicted molar refractivity (Wildman–Crippen MR) is 124 cm³/mol. The van der Waals surface area contributed by atoms with Crippen molar-refractivity contribution in [3.63, 3.8) is 0 Å². The maximum atomic E-state index is 11.5. The average molecular weight is 403 g/mol. The Morgan fingerprint density at radius 1 is 1.23 bits per heavy atom. The van der Waals surface area contributed by atoms with Gasteiger partial charge < -0.3 is 4.52 Å². The van der Waals surface area contributed by atoms with E-state index in [1.54, 1.807) is 12.3 Å². The number of rotatable bonds is 6. The summed E-state index contributed by atoms with van der Waals surface area (Å²) in [5.41, 5.74) is 6.48. The molecule has 2 heterocycles. The van der Waals surface area contributed by atoms with E-state index in [1.165, 1.54) is 35.1 Å². The van der Waals surface area contributed by atoms with Crippen molar-refractivity contribution in [1.29, 1.82) is 0 Å². The molecule has 0 saturated heterocycles. The Hall–Kier alpha value is -3.14. The molecule has 3 rings (SSSR count). The standard InChI is InChI=1S/C26H30N2O2/c1-19(8-5-9-20(2)16-22-18-28-30-25(22)29)12-13-24-23(11-6-14-26(24,3)4)21-10-7-15-27-17-21/h5,7-10,12-13,15-18,28H,6,11,14H2,1-4H3/b9-5+,13-12+,19-8+,20-16+. The van der Waals surface area contributed by atoms with Gasteiger partial charge in [-0.15, -0.1) is 0 Å². The smallest absolute Gasteiger partial charge is 0.338 e. The fourth-order valence-corrected chi connectivity index (χ4v) is 3.83. The number of nitrogens with one attached hydrogen (secondary N) is 1. The number of hydrogen-bond donors (Lipinski definition) is 1. The molecule has 0 fully saturated rings. The molecule has 4 heteroatoms. The minimum absolute atomic E-state index is 0.146. The summed E-state index contributed by atoms with van der Waals surface area (Å²) in [5, 5.41) is 2.46. The SMILES string of the molecule is CC(/C=C/C1=C(c2cccnc2)CCCC1(C)C)=C\C=C\C(C)=C\c1c[nH]oc1=O. The molecule has 0 amide bonds. The summed E-state index contributed by atoms with van der Waals surface area (Å²) in [7, 11) is 0. The lowest BCUT2D eigenvalue weighted by Crippen LogP contribution is -2.19. The Labute approximate surface area is 178 Å². The minimum Gasteiger partial charge on any atom is -0.338 e. The van der Waals surface area contributed by atoms with E-state index in [0.29, 0.717) is 5.56 Å². The van der Waals surface area contributed by atoms with Crippen LogP contribution in [0.5, 0.6) is 0 Å². The van der Waals surface area contributed by atoms with Gasteiger partial charge in [-0.3, -0.25) is 4.98 Å². The number of pyridine rings is 1. The number of nitrogens with zero attached hydrogens (tertiary/aromatic N) is 1. The first-order chi connectivity index (χ1) is 14.4. The number of H-pyrrole nitrogens is 1. The average Bonchev–Trinajstić information content (AvgIpc) is 3.11. The molecule has 1 N–H and O–H groups in total. The highest BCUT2D eigenvalue weighted by atomic mass is 16.5. The minimum atomic E-state index is -0.356. The van der Waals surface area contributed by atoms with Gasteiger partial charge in [-0.1, -0.05) is 61.4 Å². The second-order valence-corrected chi connectivity index (χ2v) is 8.47. The second-order valence-electron chi connectivity index (χ2n) is 8.47. The van der Waals surface area contributed by atoms with E-state index in [0.717, 1.165) is 12.0 Å². The molecule has 0 spiro atoms. The molecular formula is C26H30N2O2. The van der Waals surface area contributed by atoms with Gasteiger partial charge in [0.1, 0.15) is 0 Å². The lowest BCUT2D eigenvalue weighted by molar-refractivity contribution is 0.390. The molecule has 2 aromatic rings. The molecule has 30 heavy (non-hydrogen) atoms. The number of allylic oxidation sites excluding steroid dienone is 9. The molecule has 0 aromatic carbocycles. The van der Waals surface area contributed by atoms with Gasteiger partial charge in [0.25, 0.3) is 0 Å². The summed E-state index contributed by atoms with van der Waals surface area (Å²) in [5.74, 6) is 0. The lowest BCUT2D eigenvalue weighted by Gasteiger charge is -2.34. The van der Waals surface area contributed by atoms with Crippen LogP contribution in [0.15, 0.2) is 87.1 Å². The van der Waals surface area contributed by atoms with Crippen molar-refractivity contribution in [3.8, 4) is 0 Å². The van der Waals surface area contributed by atoms with Crippen LogP contribution in [0.1, 0.15) is 58.1 Å². The van der Waals surface area contributed by atoms with Crippen molar-refractivity contribution >= 4 is 11.6 Å².